The van der Waals surface area contributed by atoms with E-state index in [2.05, 4.69) is 10.4 Å². The van der Waals surface area contributed by atoms with Crippen LogP contribution in [0.15, 0.2) is 30.6 Å². The molecule has 19 heavy (non-hydrogen) atoms. The van der Waals surface area contributed by atoms with Gasteiger partial charge in [-0.2, -0.15) is 5.10 Å². The fourth-order valence-electron chi connectivity index (χ4n) is 1.55. The minimum Gasteiger partial charge on any atom is -0.322 e. The van der Waals surface area contributed by atoms with Crippen LogP contribution in [0.25, 0.3) is 0 Å². The Kier molecular flexibility index (Phi) is 4.39. The molecular weight excluding hydrogens is 292 g/mol. The summed E-state index contributed by atoms with van der Waals surface area (Å²) < 4.78 is 15.1. The van der Waals surface area contributed by atoms with Crippen LogP contribution in [0.1, 0.15) is 5.56 Å². The first-order chi connectivity index (χ1) is 9.10. The van der Waals surface area contributed by atoms with E-state index < -0.39 is 5.82 Å². The first-order valence-electron chi connectivity index (χ1n) is 5.41. The summed E-state index contributed by atoms with van der Waals surface area (Å²) in [4.78, 5) is 11.1. The number of amides is 1. The van der Waals surface area contributed by atoms with Crippen molar-refractivity contribution < 1.29 is 9.18 Å². The SMILES string of the molecule is O=C(CCl)Nc1cnn(Cc2c(F)cccc2Cl)c1. The molecule has 1 aromatic carbocycles. The zero-order chi connectivity index (χ0) is 13.8. The van der Waals surface area contributed by atoms with Crippen molar-refractivity contribution in [2.45, 2.75) is 6.54 Å². The number of hydrogen-bond donors (Lipinski definition) is 1. The fraction of sp³-hybridized carbons (Fsp3) is 0.167. The molecule has 0 radical (unpaired) electrons. The Morgan fingerprint density at radius 1 is 1.47 bits per heavy atom. The van der Waals surface area contributed by atoms with E-state index in [1.54, 1.807) is 12.3 Å². The van der Waals surface area contributed by atoms with Gasteiger partial charge in [0.05, 0.1) is 18.4 Å². The number of nitrogens with zero attached hydrogens (tertiary/aromatic N) is 2. The van der Waals surface area contributed by atoms with Gasteiger partial charge in [-0.15, -0.1) is 11.6 Å². The van der Waals surface area contributed by atoms with E-state index in [0.717, 1.165) is 0 Å². The van der Waals surface area contributed by atoms with Gasteiger partial charge in [-0.25, -0.2) is 4.39 Å². The summed E-state index contributed by atoms with van der Waals surface area (Å²) >= 11 is 11.3. The molecule has 1 N–H and O–H groups in total. The van der Waals surface area contributed by atoms with E-state index in [0.29, 0.717) is 16.3 Å². The van der Waals surface area contributed by atoms with Crippen LogP contribution in [0, 0.1) is 5.82 Å². The van der Waals surface area contributed by atoms with E-state index in [1.807, 2.05) is 0 Å². The molecule has 0 atom stereocenters. The highest BCUT2D eigenvalue weighted by Crippen LogP contribution is 2.20. The molecule has 4 nitrogen and oxygen atoms in total. The predicted octanol–water partition coefficient (Wildman–Crippen LogP) is 2.90. The molecule has 2 rings (SSSR count). The highest BCUT2D eigenvalue weighted by molar-refractivity contribution is 6.31. The van der Waals surface area contributed by atoms with E-state index in [4.69, 9.17) is 23.2 Å². The Labute approximate surface area is 119 Å². The Morgan fingerprint density at radius 3 is 2.95 bits per heavy atom. The summed E-state index contributed by atoms with van der Waals surface area (Å²) in [5.41, 5.74) is 0.848. The van der Waals surface area contributed by atoms with Gasteiger partial charge in [0.25, 0.3) is 0 Å². The largest absolute Gasteiger partial charge is 0.322 e. The van der Waals surface area contributed by atoms with Crippen molar-refractivity contribution in [3.05, 3.63) is 47.0 Å². The topological polar surface area (TPSA) is 46.9 Å². The molecule has 0 fully saturated rings. The Morgan fingerprint density at radius 2 is 2.26 bits per heavy atom. The van der Waals surface area contributed by atoms with E-state index in [9.17, 15) is 9.18 Å². The lowest BCUT2D eigenvalue weighted by Gasteiger charge is -2.05. The maximum atomic E-state index is 13.6. The second-order valence-electron chi connectivity index (χ2n) is 3.81. The van der Waals surface area contributed by atoms with Crippen molar-refractivity contribution in [1.29, 1.82) is 0 Å². The molecule has 0 saturated carbocycles. The molecular formula is C12H10Cl2FN3O. The lowest BCUT2D eigenvalue weighted by molar-refractivity contribution is -0.113. The van der Waals surface area contributed by atoms with Gasteiger partial charge in [0, 0.05) is 16.8 Å². The number of nitrogens with one attached hydrogen (secondary N) is 1. The molecule has 0 bridgehead atoms. The van der Waals surface area contributed by atoms with Crippen molar-refractivity contribution in [3.63, 3.8) is 0 Å². The molecule has 2 aromatic rings. The number of benzene rings is 1. The van der Waals surface area contributed by atoms with Crippen molar-refractivity contribution >= 4 is 34.8 Å². The van der Waals surface area contributed by atoms with Gasteiger partial charge in [0.1, 0.15) is 11.7 Å². The van der Waals surface area contributed by atoms with Gasteiger partial charge < -0.3 is 5.32 Å². The highest BCUT2D eigenvalue weighted by atomic mass is 35.5. The molecule has 0 unspecified atom stereocenters. The Balaban J connectivity index is 2.14. The van der Waals surface area contributed by atoms with Crippen molar-refractivity contribution in [1.82, 2.24) is 9.78 Å². The zero-order valence-corrected chi connectivity index (χ0v) is 11.2. The smallest absolute Gasteiger partial charge is 0.239 e. The van der Waals surface area contributed by atoms with Gasteiger partial charge in [-0.1, -0.05) is 17.7 Å². The second-order valence-corrected chi connectivity index (χ2v) is 4.48. The van der Waals surface area contributed by atoms with Gasteiger partial charge in [0.2, 0.25) is 5.91 Å². The first kappa shape index (κ1) is 13.8. The lowest BCUT2D eigenvalue weighted by Crippen LogP contribution is -2.11. The minimum atomic E-state index is -0.394. The molecule has 1 amide bonds. The van der Waals surface area contributed by atoms with Gasteiger partial charge in [-0.3, -0.25) is 9.48 Å². The number of carbonyl (C=O) groups excluding carboxylic acids is 1. The quantitative estimate of drug-likeness (QED) is 0.883. The number of rotatable bonds is 4. The van der Waals surface area contributed by atoms with Crippen LogP contribution in [-0.2, 0) is 11.3 Å². The molecule has 7 heteroatoms. The maximum absolute atomic E-state index is 13.6. The monoisotopic (exact) mass is 301 g/mol. The summed E-state index contributed by atoms with van der Waals surface area (Å²) in [5, 5.41) is 6.90. The van der Waals surface area contributed by atoms with Crippen LogP contribution in [0.5, 0.6) is 0 Å². The molecule has 1 heterocycles. The normalized spacial score (nSPS) is 10.5. The minimum absolute atomic E-state index is 0.135. The number of anilines is 1. The zero-order valence-electron chi connectivity index (χ0n) is 9.74. The van der Waals surface area contributed by atoms with Crippen LogP contribution >= 0.6 is 23.2 Å². The fourth-order valence-corrected chi connectivity index (χ4v) is 1.84. The van der Waals surface area contributed by atoms with Crippen LogP contribution in [-0.4, -0.2) is 21.6 Å². The van der Waals surface area contributed by atoms with Crippen LogP contribution in [0.3, 0.4) is 0 Å². The van der Waals surface area contributed by atoms with Gasteiger partial charge in [0.15, 0.2) is 0 Å². The van der Waals surface area contributed by atoms with Crippen molar-refractivity contribution in [2.24, 2.45) is 0 Å². The number of hydrogen-bond acceptors (Lipinski definition) is 2. The molecule has 0 aliphatic rings. The Hall–Kier alpha value is -1.59. The molecule has 0 saturated heterocycles. The summed E-state index contributed by atoms with van der Waals surface area (Å²) in [6.07, 6.45) is 3.03. The average molecular weight is 302 g/mol. The second kappa shape index (κ2) is 6.04. The van der Waals surface area contributed by atoms with E-state index in [-0.39, 0.29) is 18.3 Å². The predicted molar refractivity (Wildman–Crippen MR) is 72.1 cm³/mol. The standard InChI is InChI=1S/C12H10Cl2FN3O/c13-4-12(19)17-8-5-16-18(6-8)7-9-10(14)2-1-3-11(9)15/h1-3,5-6H,4,7H2,(H,17,19). The number of aromatic nitrogens is 2. The molecule has 0 spiro atoms. The lowest BCUT2D eigenvalue weighted by atomic mass is 10.2. The summed E-state index contributed by atoms with van der Waals surface area (Å²) in [7, 11) is 0. The van der Waals surface area contributed by atoms with E-state index >= 15 is 0 Å². The highest BCUT2D eigenvalue weighted by Gasteiger charge is 2.09. The third-order valence-corrected chi connectivity index (χ3v) is 3.02. The summed E-state index contributed by atoms with van der Waals surface area (Å²) in [5.74, 6) is -0.857. The average Bonchev–Trinajstić information content (AvgIpc) is 2.81. The van der Waals surface area contributed by atoms with Crippen molar-refractivity contribution in [2.75, 3.05) is 11.2 Å². The molecule has 1 aromatic heterocycles. The van der Waals surface area contributed by atoms with Crippen molar-refractivity contribution in [3.8, 4) is 0 Å². The molecule has 0 aliphatic carbocycles. The van der Waals surface area contributed by atoms with Gasteiger partial charge in [-0.05, 0) is 12.1 Å². The van der Waals surface area contributed by atoms with E-state index in [1.165, 1.54) is 23.0 Å². The van der Waals surface area contributed by atoms with Crippen LogP contribution in [0.2, 0.25) is 5.02 Å². The van der Waals surface area contributed by atoms with Crippen LogP contribution in [0.4, 0.5) is 10.1 Å². The first-order valence-corrected chi connectivity index (χ1v) is 6.32. The Bertz CT molecular complexity index is 580. The maximum Gasteiger partial charge on any atom is 0.239 e. The molecule has 100 valence electrons. The summed E-state index contributed by atoms with van der Waals surface area (Å²) in [6.45, 7) is 0.183. The third kappa shape index (κ3) is 3.45. The number of alkyl halides is 1. The number of halogens is 3. The summed E-state index contributed by atoms with van der Waals surface area (Å²) in [6, 6.07) is 4.48. The van der Waals surface area contributed by atoms with Crippen LogP contribution < -0.4 is 5.32 Å². The third-order valence-electron chi connectivity index (χ3n) is 2.42. The molecule has 0 aliphatic heterocycles. The van der Waals surface area contributed by atoms with Gasteiger partial charge >= 0.3 is 0 Å². The number of carbonyl (C=O) groups is 1.